The number of aromatic hydroxyl groups is 1. The number of carbonyl (C=O) groups is 4. The molecule has 1 aromatic heterocycles. The number of ketones is 1. The Morgan fingerprint density at radius 2 is 1.14 bits per heavy atom. The molecular weight excluding hydrogens is 1480 g/mol. The first-order valence-corrected chi connectivity index (χ1v) is 43.0. The number of alkyl carbamates (subject to hydrolysis) is 2. The number of amides is 3. The zero-order valence-corrected chi connectivity index (χ0v) is 73.0. The maximum atomic E-state index is 14.0. The van der Waals surface area contributed by atoms with Gasteiger partial charge in [0.2, 0.25) is 5.43 Å². The second kappa shape index (κ2) is 57.5. The molecule has 3 heterocycles. The number of ether oxygens (including phenoxy) is 2. The van der Waals surface area contributed by atoms with Crippen molar-refractivity contribution in [3.63, 3.8) is 0 Å². The van der Waals surface area contributed by atoms with Gasteiger partial charge in [0.05, 0.1) is 17.4 Å². The van der Waals surface area contributed by atoms with E-state index < -0.39 is 39.8 Å². The van der Waals surface area contributed by atoms with E-state index in [-0.39, 0.29) is 103 Å². The number of hydrogen-bond acceptors (Lipinski definition) is 18. The van der Waals surface area contributed by atoms with Gasteiger partial charge in [0.1, 0.15) is 29.0 Å². The van der Waals surface area contributed by atoms with E-state index in [1.54, 1.807) is 10.4 Å². The van der Waals surface area contributed by atoms with Gasteiger partial charge in [-0.25, -0.2) is 18.4 Å². The summed E-state index contributed by atoms with van der Waals surface area (Å²) < 4.78 is 48.4. The van der Waals surface area contributed by atoms with Gasteiger partial charge < -0.3 is 72.7 Å². The third-order valence-electron chi connectivity index (χ3n) is 20.2. The van der Waals surface area contributed by atoms with E-state index in [1.807, 2.05) is 46.4 Å². The van der Waals surface area contributed by atoms with Crippen LogP contribution in [-0.4, -0.2) is 184 Å². The Morgan fingerprint density at radius 1 is 0.685 bits per heavy atom. The molecule has 111 heavy (non-hydrogen) atoms. The third-order valence-corrected chi connectivity index (χ3v) is 20.2. The molecule has 6 fully saturated rings. The average molecular weight is 1630 g/mol. The minimum absolute atomic E-state index is 0.0204. The zero-order chi connectivity index (χ0) is 84.0. The van der Waals surface area contributed by atoms with Crippen LogP contribution in [-0.2, 0) is 27.1 Å². The molecular formula is C83H148BCl2F2N10O12P. The number of nitrogens with two attached hydrogens (primary N) is 3. The van der Waals surface area contributed by atoms with E-state index in [0.717, 1.165) is 140 Å². The minimum atomic E-state index is -0.890. The summed E-state index contributed by atoms with van der Waals surface area (Å²) >= 11 is 9.53. The first kappa shape index (κ1) is 104. The van der Waals surface area contributed by atoms with Gasteiger partial charge in [0.15, 0.2) is 17.2 Å². The molecule has 9 rings (SSSR count). The van der Waals surface area contributed by atoms with Crippen LogP contribution in [0.4, 0.5) is 18.4 Å². The fourth-order valence-corrected chi connectivity index (χ4v) is 14.6. The zero-order valence-electron chi connectivity index (χ0n) is 70.3. The molecule has 638 valence electrons. The predicted molar refractivity (Wildman–Crippen MR) is 450 cm³/mol. The normalized spacial score (nSPS) is 23.2. The van der Waals surface area contributed by atoms with E-state index in [2.05, 4.69) is 97.7 Å². The van der Waals surface area contributed by atoms with E-state index >= 15 is 0 Å². The number of nitrogens with one attached hydrogen (secondary N) is 4. The molecule has 1 saturated heterocycles. The van der Waals surface area contributed by atoms with Gasteiger partial charge in [0, 0.05) is 81.1 Å². The summed E-state index contributed by atoms with van der Waals surface area (Å²) in [5.41, 5.74) is 15.0. The Morgan fingerprint density at radius 3 is 1.57 bits per heavy atom. The molecule has 3 amide bonds. The van der Waals surface area contributed by atoms with Gasteiger partial charge in [-0.1, -0.05) is 133 Å². The molecule has 28 heteroatoms. The molecule has 0 bridgehead atoms. The molecule has 0 radical (unpaired) electrons. The summed E-state index contributed by atoms with van der Waals surface area (Å²) in [6.45, 7) is 38.3. The van der Waals surface area contributed by atoms with Gasteiger partial charge in [0.25, 0.3) is 5.91 Å². The maximum absolute atomic E-state index is 14.0. The number of aryl methyl sites for hydroxylation is 1. The topological polar surface area (TPSA) is 339 Å². The third kappa shape index (κ3) is 42.7. The number of aliphatic hydroxyl groups excluding tert-OH is 3. The molecule has 14 N–H and O–H groups in total. The van der Waals surface area contributed by atoms with Crippen molar-refractivity contribution >= 4 is 63.5 Å². The van der Waals surface area contributed by atoms with E-state index in [9.17, 15) is 43.0 Å². The van der Waals surface area contributed by atoms with Crippen molar-refractivity contribution in [2.45, 2.75) is 299 Å². The number of Topliss-reactive ketones (excluding diaryl/α,β-unsaturated/α-hetero) is 1. The van der Waals surface area contributed by atoms with Gasteiger partial charge in [-0.2, -0.15) is 0 Å². The molecule has 22 nitrogen and oxygen atoms in total. The Bertz CT molecular complexity index is 3070. The number of carbonyl (C=O) groups excluding carboxylic acids is 4. The molecule has 7 aliphatic rings. The number of fused-ring (bicyclic) bond motifs is 4. The molecule has 0 spiro atoms. The number of rotatable bonds is 19. The fourth-order valence-electron chi connectivity index (χ4n) is 14.6. The Hall–Kier alpha value is -4.58. The van der Waals surface area contributed by atoms with Crippen LogP contribution in [0.3, 0.4) is 0 Å². The van der Waals surface area contributed by atoms with Gasteiger partial charge in [-0.15, -0.1) is 32.4 Å². The second-order valence-electron chi connectivity index (χ2n) is 34.0. The van der Waals surface area contributed by atoms with Crippen molar-refractivity contribution in [2.24, 2.45) is 70.5 Å². The number of nitrogens with zero attached hydrogens (tertiary/aromatic N) is 3. The summed E-state index contributed by atoms with van der Waals surface area (Å²) in [6, 6.07) is 4.24. The van der Waals surface area contributed by atoms with Crippen LogP contribution >= 0.6 is 32.4 Å². The van der Waals surface area contributed by atoms with Crippen LogP contribution in [0.1, 0.15) is 265 Å². The van der Waals surface area contributed by atoms with Gasteiger partial charge in [-0.3, -0.25) is 19.3 Å². The van der Waals surface area contributed by atoms with Crippen LogP contribution in [0.5, 0.6) is 5.75 Å². The van der Waals surface area contributed by atoms with Crippen LogP contribution in [0.2, 0.25) is 0 Å². The number of alkyl halides is 2. The van der Waals surface area contributed by atoms with Gasteiger partial charge in [-0.05, 0) is 210 Å². The number of hydrogen-bond donors (Lipinski definition) is 11. The summed E-state index contributed by atoms with van der Waals surface area (Å²) in [5, 5.41) is 49.5. The molecule has 1 unspecified atom stereocenters. The monoisotopic (exact) mass is 1630 g/mol. The number of pyridine rings is 1. The molecule has 2 aliphatic heterocycles. The summed E-state index contributed by atoms with van der Waals surface area (Å²) in [5.74, 6) is 3.27. The number of aliphatic hydroxyl groups is 3. The molecule has 1 aromatic carbocycles. The van der Waals surface area contributed by atoms with Gasteiger partial charge >= 0.3 is 41.1 Å². The molecule has 5 aliphatic carbocycles. The van der Waals surface area contributed by atoms with Crippen LogP contribution in [0.25, 0.3) is 0 Å². The molecule has 5 saturated carbocycles. The number of aromatic nitrogens is 1. The average Bonchev–Trinajstić information content (AvgIpc) is 0.730. The van der Waals surface area contributed by atoms with Crippen molar-refractivity contribution in [1.29, 1.82) is 0 Å². The number of benzene rings is 1. The SMILES string of the molecule is CC(C)(C)OC(=O)N[C@H]1CCCC[C@H]1CO.CC(C)CN.CC(C)CN1C[C@@H]2CCCC[C@@H]2N2C(=O)c3c(O)c(=O)c(C(=O)CCc4ccc(F)cc4F)cn3C[C@@H]12.CC(C)CNC[C@@H]1CCCC[C@@H]1N.CC(C)CNC[C@@H]1CCCC[C@@H]1NC(=O)OC(C)(C)C.CCP.ClCCl.N[C@H]1CCCC[C@H]1CO.O=BC#CO. The standard InChI is InChI=1S/C28H33F2N3O4.C16H32N2O2.C12H23NO3.C11H24N2.C7H15NO.C4H11N.C2HBO2.C2H7P.CH2Cl2/c1-16(2)12-31-13-18-5-3-4-6-22(18)33-24(31)15-32-14-20(26(35)27(36)25(32)28(33)37)23(34)10-8-17-7-9-19(29)11-21(17)30;1-12(2)10-17-11-13-8-6-7-9-14(13)18-15(19)20-16(3,4)5;1-12(2,3)16-11(15)13-10-7-5-4-6-9(10)8-14;1-9(2)7-13-8-10-5-3-4-6-11(10)12;8-7-4-2-1-3-6(7)5-9;1-4(2)3-5;4-2-1-3-5;1-2-3;2-1-3/h7,9,11,14,16,18,22,24,36H,3-6,8,10,12-13,15H2,1-2H3;12-14,17H,6-11H2,1-5H3,(H,18,19);9-10,14H,4-8H2,1-3H3,(H,13,15);9-11,13H,3-8,12H2,1-2H3;6-7,9H,1-5,8H2;4H,3,5H2,1-2H3;4H;2-3H2,1H3;1H2/t18-,22-,24-;13-,14-;9-,10-;10-,11-;6-,7-;;;;/m00000..../s1. The van der Waals surface area contributed by atoms with Crippen molar-refractivity contribution in [1.82, 2.24) is 35.6 Å². The Labute approximate surface area is 679 Å². The van der Waals surface area contributed by atoms with Crippen molar-refractivity contribution in [3.8, 4) is 17.7 Å². The molecule has 2 aromatic rings. The van der Waals surface area contributed by atoms with Crippen molar-refractivity contribution in [2.75, 3.05) is 70.5 Å². The fraction of sp³-hybridized carbons (Fsp3) is 0.795. The first-order valence-electron chi connectivity index (χ1n) is 41.1. The Kier molecular flexibility index (Phi) is 54.1. The number of halogens is 4. The first-order chi connectivity index (χ1) is 52.4. The van der Waals surface area contributed by atoms with Crippen LogP contribution < -0.4 is 43.9 Å². The Balaban J connectivity index is 0.000000708. The van der Waals surface area contributed by atoms with E-state index in [4.69, 9.17) is 64.8 Å². The summed E-state index contributed by atoms with van der Waals surface area (Å²) in [7, 11) is 2.90. The van der Waals surface area contributed by atoms with E-state index in [0.29, 0.717) is 55.2 Å². The van der Waals surface area contributed by atoms with Crippen molar-refractivity contribution < 1.29 is 62.6 Å². The van der Waals surface area contributed by atoms with Crippen LogP contribution in [0.15, 0.2) is 29.2 Å². The summed E-state index contributed by atoms with van der Waals surface area (Å²) in [6.07, 6.45) is 25.8. The molecule has 12 atom stereocenters. The van der Waals surface area contributed by atoms with E-state index in [1.165, 1.54) is 82.3 Å². The second-order valence-corrected chi connectivity index (χ2v) is 35.7. The predicted octanol–water partition coefficient (Wildman–Crippen LogP) is 13.8. The summed E-state index contributed by atoms with van der Waals surface area (Å²) in [4.78, 5) is 67.5. The van der Waals surface area contributed by atoms with Crippen molar-refractivity contribution in [3.05, 3.63) is 63.1 Å². The van der Waals surface area contributed by atoms with Crippen LogP contribution in [0, 0.1) is 76.8 Å². The quantitative estimate of drug-likeness (QED) is 0.0205.